The predicted molar refractivity (Wildman–Crippen MR) is 64.9 cm³/mol. The summed E-state index contributed by atoms with van der Waals surface area (Å²) in [5.74, 6) is 0. The molecule has 1 aromatic carbocycles. The van der Waals surface area contributed by atoms with Gasteiger partial charge in [-0.25, -0.2) is 0 Å². The van der Waals surface area contributed by atoms with Gasteiger partial charge >= 0.3 is 0 Å². The van der Waals surface area contributed by atoms with E-state index in [1.807, 2.05) is 44.2 Å². The van der Waals surface area contributed by atoms with Gasteiger partial charge in [0, 0.05) is 5.39 Å². The Kier molecular flexibility index (Phi) is 3.15. The third-order valence-electron chi connectivity index (χ3n) is 2.26. The molecule has 0 N–H and O–H groups in total. The second-order valence-electron chi connectivity index (χ2n) is 3.56. The van der Waals surface area contributed by atoms with Crippen LogP contribution in [0.4, 0.5) is 0 Å². The lowest BCUT2D eigenvalue weighted by atomic mass is 10.1. The molecule has 2 aromatic rings. The van der Waals surface area contributed by atoms with Gasteiger partial charge in [-0.2, -0.15) is 10.2 Å². The lowest BCUT2D eigenvalue weighted by Crippen LogP contribution is -1.88. The van der Waals surface area contributed by atoms with Gasteiger partial charge in [0.2, 0.25) is 0 Å². The molecule has 1 aromatic heterocycles. The number of benzene rings is 1. The summed E-state index contributed by atoms with van der Waals surface area (Å²) in [5.41, 5.74) is 2.91. The fourth-order valence-corrected chi connectivity index (χ4v) is 1.48. The van der Waals surface area contributed by atoms with Crippen LogP contribution >= 0.6 is 0 Å². The molecule has 0 saturated carbocycles. The van der Waals surface area contributed by atoms with Crippen LogP contribution in [0.2, 0.25) is 0 Å². The molecule has 1 heterocycles. The van der Waals surface area contributed by atoms with Gasteiger partial charge in [-0.15, -0.1) is 0 Å². The first-order valence-electron chi connectivity index (χ1n) is 5.32. The largest absolute Gasteiger partial charge is 0.501 e. The molecule has 82 valence electrons. The summed E-state index contributed by atoms with van der Waals surface area (Å²) in [6, 6.07) is 8.11. The Bertz CT molecular complexity index is 520. The highest BCUT2D eigenvalue weighted by Gasteiger charge is 1.97. The van der Waals surface area contributed by atoms with Crippen molar-refractivity contribution < 1.29 is 4.74 Å². The van der Waals surface area contributed by atoms with E-state index in [0.29, 0.717) is 6.61 Å². The molecule has 2 rings (SSSR count). The molecule has 0 saturated heterocycles. The van der Waals surface area contributed by atoms with Crippen molar-refractivity contribution >= 4 is 17.0 Å². The van der Waals surface area contributed by atoms with Gasteiger partial charge in [0.15, 0.2) is 0 Å². The highest BCUT2D eigenvalue weighted by Crippen LogP contribution is 2.14. The number of aromatic nitrogens is 2. The van der Waals surface area contributed by atoms with Crippen molar-refractivity contribution in [3.63, 3.8) is 0 Å². The van der Waals surface area contributed by atoms with Crippen molar-refractivity contribution in [2.45, 2.75) is 13.8 Å². The Morgan fingerprint density at radius 1 is 1.25 bits per heavy atom. The van der Waals surface area contributed by atoms with E-state index in [0.717, 1.165) is 22.2 Å². The van der Waals surface area contributed by atoms with Crippen LogP contribution in [0.5, 0.6) is 0 Å². The van der Waals surface area contributed by atoms with Crippen LogP contribution in [-0.4, -0.2) is 16.8 Å². The molecule has 0 spiro atoms. The molecule has 3 heteroatoms. The van der Waals surface area contributed by atoms with Crippen molar-refractivity contribution in [3.8, 4) is 0 Å². The van der Waals surface area contributed by atoms with Crippen LogP contribution in [0.1, 0.15) is 18.2 Å². The van der Waals surface area contributed by atoms with Crippen molar-refractivity contribution in [2.75, 3.05) is 6.61 Å². The zero-order chi connectivity index (χ0) is 11.4. The van der Waals surface area contributed by atoms with Gasteiger partial charge in [0.1, 0.15) is 0 Å². The van der Waals surface area contributed by atoms with Crippen molar-refractivity contribution in [2.24, 2.45) is 0 Å². The first-order chi connectivity index (χ1) is 7.79. The van der Waals surface area contributed by atoms with E-state index in [1.54, 1.807) is 6.26 Å². The van der Waals surface area contributed by atoms with Gasteiger partial charge in [0.05, 0.1) is 24.1 Å². The van der Waals surface area contributed by atoms with Crippen molar-refractivity contribution in [1.82, 2.24) is 10.2 Å². The third kappa shape index (κ3) is 2.37. The summed E-state index contributed by atoms with van der Waals surface area (Å²) < 4.78 is 5.15. The summed E-state index contributed by atoms with van der Waals surface area (Å²) >= 11 is 0. The quantitative estimate of drug-likeness (QED) is 0.737. The normalized spacial score (nSPS) is 11.1. The summed E-state index contributed by atoms with van der Waals surface area (Å²) in [6.07, 6.45) is 3.62. The van der Waals surface area contributed by atoms with E-state index in [9.17, 15) is 0 Å². The van der Waals surface area contributed by atoms with E-state index < -0.39 is 0 Å². The molecule has 0 amide bonds. The number of hydrogen-bond donors (Lipinski definition) is 0. The molecule has 16 heavy (non-hydrogen) atoms. The molecule has 0 aliphatic heterocycles. The van der Waals surface area contributed by atoms with Crippen molar-refractivity contribution in [3.05, 3.63) is 41.8 Å². The fraction of sp³-hybridized carbons (Fsp3) is 0.231. The van der Waals surface area contributed by atoms with Crippen LogP contribution in [0.25, 0.3) is 17.0 Å². The number of ether oxygens (including phenoxy) is 1. The SMILES string of the molecule is CCO/C=C/c1ccc2cc(C)nnc2c1. The zero-order valence-corrected chi connectivity index (χ0v) is 9.47. The Hall–Kier alpha value is -1.90. The zero-order valence-electron chi connectivity index (χ0n) is 9.47. The number of nitrogens with zero attached hydrogens (tertiary/aromatic N) is 2. The molecule has 0 atom stereocenters. The standard InChI is InChI=1S/C13H14N2O/c1-3-16-7-6-11-4-5-12-8-10(2)14-15-13(12)9-11/h4-9H,3H2,1-2H3/b7-6+. The molecule has 0 fully saturated rings. The van der Waals surface area contributed by atoms with Crippen LogP contribution in [-0.2, 0) is 4.74 Å². The minimum absolute atomic E-state index is 0.684. The maximum atomic E-state index is 5.15. The maximum Gasteiger partial charge on any atom is 0.0935 e. The van der Waals surface area contributed by atoms with E-state index in [2.05, 4.69) is 10.2 Å². The van der Waals surface area contributed by atoms with Crippen LogP contribution in [0, 0.1) is 6.92 Å². The topological polar surface area (TPSA) is 35.0 Å². The Balaban J connectivity index is 2.33. The second kappa shape index (κ2) is 4.75. The summed E-state index contributed by atoms with van der Waals surface area (Å²) in [7, 11) is 0. The third-order valence-corrected chi connectivity index (χ3v) is 2.26. The smallest absolute Gasteiger partial charge is 0.0935 e. The molecular weight excluding hydrogens is 200 g/mol. The highest BCUT2D eigenvalue weighted by atomic mass is 16.5. The first kappa shape index (κ1) is 10.6. The Morgan fingerprint density at radius 3 is 2.94 bits per heavy atom. The van der Waals surface area contributed by atoms with Crippen LogP contribution in [0.3, 0.4) is 0 Å². The minimum Gasteiger partial charge on any atom is -0.501 e. The Labute approximate surface area is 94.8 Å². The molecule has 3 nitrogen and oxygen atoms in total. The van der Waals surface area contributed by atoms with Crippen molar-refractivity contribution in [1.29, 1.82) is 0 Å². The molecule has 0 radical (unpaired) electrons. The van der Waals surface area contributed by atoms with E-state index >= 15 is 0 Å². The van der Waals surface area contributed by atoms with E-state index in [1.165, 1.54) is 0 Å². The lowest BCUT2D eigenvalue weighted by molar-refractivity contribution is 0.272. The highest BCUT2D eigenvalue weighted by molar-refractivity contribution is 5.80. The molecular formula is C13H14N2O. The average Bonchev–Trinajstić information content (AvgIpc) is 2.29. The molecule has 0 aliphatic rings. The number of aryl methyl sites for hydroxylation is 1. The number of fused-ring (bicyclic) bond motifs is 1. The van der Waals surface area contributed by atoms with Gasteiger partial charge in [-0.1, -0.05) is 12.1 Å². The predicted octanol–water partition coefficient (Wildman–Crippen LogP) is 2.95. The van der Waals surface area contributed by atoms with Gasteiger partial charge in [0.25, 0.3) is 0 Å². The van der Waals surface area contributed by atoms with Crippen LogP contribution < -0.4 is 0 Å². The minimum atomic E-state index is 0.684. The summed E-state index contributed by atoms with van der Waals surface area (Å²) in [5, 5.41) is 9.30. The van der Waals surface area contributed by atoms with E-state index in [4.69, 9.17) is 4.74 Å². The van der Waals surface area contributed by atoms with Gasteiger partial charge in [-0.3, -0.25) is 0 Å². The Morgan fingerprint density at radius 2 is 2.12 bits per heavy atom. The fourth-order valence-electron chi connectivity index (χ4n) is 1.48. The number of hydrogen-bond acceptors (Lipinski definition) is 3. The summed E-state index contributed by atoms with van der Waals surface area (Å²) in [4.78, 5) is 0. The summed E-state index contributed by atoms with van der Waals surface area (Å²) in [6.45, 7) is 4.58. The maximum absolute atomic E-state index is 5.15. The molecule has 0 aliphatic carbocycles. The van der Waals surface area contributed by atoms with Crippen LogP contribution in [0.15, 0.2) is 30.5 Å². The monoisotopic (exact) mass is 214 g/mol. The first-order valence-corrected chi connectivity index (χ1v) is 5.32. The second-order valence-corrected chi connectivity index (χ2v) is 3.56. The number of rotatable bonds is 3. The molecule has 0 bridgehead atoms. The molecule has 0 unspecified atom stereocenters. The van der Waals surface area contributed by atoms with Gasteiger partial charge < -0.3 is 4.74 Å². The van der Waals surface area contributed by atoms with E-state index in [-0.39, 0.29) is 0 Å². The average molecular weight is 214 g/mol. The lowest BCUT2D eigenvalue weighted by Gasteiger charge is -1.99. The van der Waals surface area contributed by atoms with Gasteiger partial charge in [-0.05, 0) is 37.6 Å².